The van der Waals surface area contributed by atoms with Crippen molar-refractivity contribution < 1.29 is 23.1 Å². The number of carbonyl (C=O) groups excluding carboxylic acids is 1. The van der Waals surface area contributed by atoms with Crippen LogP contribution in [0.1, 0.15) is 55.3 Å². The Kier molecular flexibility index (Phi) is 4.83. The van der Waals surface area contributed by atoms with Crippen molar-refractivity contribution in [3.63, 3.8) is 0 Å². The molecule has 0 heterocycles. The van der Waals surface area contributed by atoms with Gasteiger partial charge in [0.25, 0.3) is 5.91 Å². The predicted molar refractivity (Wildman–Crippen MR) is 90.7 cm³/mol. The van der Waals surface area contributed by atoms with Crippen LogP contribution < -0.4 is 10.0 Å². The minimum absolute atomic E-state index is 0.0186. The standard InChI is InChI=1S/C17H22N2O5S/c20-15(18-17(16(21)22)9-4-10-17)12-5-3-8-14(11-12)25(23,24)19-13-6-1-2-7-13/h3,5,8,11,13,19H,1-2,4,6-7,9-10H2,(H,18,20)(H,21,22). The minimum Gasteiger partial charge on any atom is -0.480 e. The molecule has 2 saturated carbocycles. The van der Waals surface area contributed by atoms with Crippen molar-refractivity contribution in [2.45, 2.75) is 61.4 Å². The number of sulfonamides is 1. The van der Waals surface area contributed by atoms with Crippen LogP contribution in [0.15, 0.2) is 29.2 Å². The van der Waals surface area contributed by atoms with Crippen LogP contribution in [0.5, 0.6) is 0 Å². The van der Waals surface area contributed by atoms with Crippen LogP contribution in [0.4, 0.5) is 0 Å². The zero-order chi connectivity index (χ0) is 18.1. The largest absolute Gasteiger partial charge is 0.480 e. The smallest absolute Gasteiger partial charge is 0.329 e. The second-order valence-electron chi connectivity index (χ2n) is 6.83. The number of aliphatic carboxylic acids is 1. The van der Waals surface area contributed by atoms with Crippen LogP contribution in [0.3, 0.4) is 0 Å². The molecule has 0 radical (unpaired) electrons. The summed E-state index contributed by atoms with van der Waals surface area (Å²) in [6, 6.07) is 5.64. The number of hydrogen-bond acceptors (Lipinski definition) is 4. The fourth-order valence-electron chi connectivity index (χ4n) is 3.35. The molecule has 0 atom stereocenters. The summed E-state index contributed by atoms with van der Waals surface area (Å²) in [4.78, 5) is 23.8. The van der Waals surface area contributed by atoms with Crippen LogP contribution in [0.2, 0.25) is 0 Å². The van der Waals surface area contributed by atoms with E-state index < -0.39 is 27.4 Å². The molecule has 0 aromatic heterocycles. The Bertz CT molecular complexity index is 780. The number of benzene rings is 1. The van der Waals surface area contributed by atoms with E-state index in [1.54, 1.807) is 0 Å². The third kappa shape index (κ3) is 3.69. The van der Waals surface area contributed by atoms with E-state index in [2.05, 4.69) is 10.0 Å². The lowest BCUT2D eigenvalue weighted by atomic mass is 9.76. The summed E-state index contributed by atoms with van der Waals surface area (Å²) in [5.74, 6) is -1.63. The van der Waals surface area contributed by atoms with Gasteiger partial charge in [-0.25, -0.2) is 17.9 Å². The van der Waals surface area contributed by atoms with Crippen molar-refractivity contribution >= 4 is 21.9 Å². The van der Waals surface area contributed by atoms with E-state index in [0.717, 1.165) is 32.1 Å². The lowest BCUT2D eigenvalue weighted by Gasteiger charge is -2.38. The molecule has 2 fully saturated rings. The molecule has 0 saturated heterocycles. The Hall–Kier alpha value is -1.93. The van der Waals surface area contributed by atoms with Gasteiger partial charge in [-0.2, -0.15) is 0 Å². The second-order valence-corrected chi connectivity index (χ2v) is 8.54. The summed E-state index contributed by atoms with van der Waals surface area (Å²) in [5.41, 5.74) is -1.09. The van der Waals surface area contributed by atoms with Crippen molar-refractivity contribution in [1.29, 1.82) is 0 Å². The number of nitrogens with one attached hydrogen (secondary N) is 2. The highest BCUT2D eigenvalue weighted by Crippen LogP contribution is 2.32. The van der Waals surface area contributed by atoms with Gasteiger partial charge in [-0.1, -0.05) is 18.9 Å². The molecule has 3 rings (SSSR count). The molecule has 7 nitrogen and oxygen atoms in total. The Morgan fingerprint density at radius 3 is 2.36 bits per heavy atom. The van der Waals surface area contributed by atoms with Gasteiger partial charge in [0.05, 0.1) is 4.90 Å². The highest BCUT2D eigenvalue weighted by Gasteiger charge is 2.45. The maximum Gasteiger partial charge on any atom is 0.329 e. The van der Waals surface area contributed by atoms with E-state index >= 15 is 0 Å². The normalized spacial score (nSPS) is 20.0. The van der Waals surface area contributed by atoms with Gasteiger partial charge in [-0.05, 0) is 50.3 Å². The summed E-state index contributed by atoms with van der Waals surface area (Å²) < 4.78 is 27.6. The van der Waals surface area contributed by atoms with Gasteiger partial charge in [-0.3, -0.25) is 4.79 Å². The van der Waals surface area contributed by atoms with E-state index in [1.165, 1.54) is 24.3 Å². The predicted octanol–water partition coefficient (Wildman–Crippen LogP) is 1.64. The quantitative estimate of drug-likeness (QED) is 0.708. The summed E-state index contributed by atoms with van der Waals surface area (Å²) >= 11 is 0. The third-order valence-electron chi connectivity index (χ3n) is 5.05. The number of amides is 1. The Morgan fingerprint density at radius 1 is 1.12 bits per heavy atom. The van der Waals surface area contributed by atoms with E-state index in [-0.39, 0.29) is 16.5 Å². The van der Waals surface area contributed by atoms with Gasteiger partial charge >= 0.3 is 5.97 Å². The molecule has 136 valence electrons. The zero-order valence-electron chi connectivity index (χ0n) is 13.8. The van der Waals surface area contributed by atoms with Gasteiger partial charge in [0, 0.05) is 11.6 Å². The monoisotopic (exact) mass is 366 g/mol. The number of rotatable bonds is 6. The number of carboxylic acids is 1. The molecule has 1 amide bonds. The fraction of sp³-hybridized carbons (Fsp3) is 0.529. The molecule has 3 N–H and O–H groups in total. The summed E-state index contributed by atoms with van der Waals surface area (Å²) in [7, 11) is -3.70. The number of hydrogen-bond donors (Lipinski definition) is 3. The highest BCUT2D eigenvalue weighted by molar-refractivity contribution is 7.89. The van der Waals surface area contributed by atoms with Gasteiger partial charge in [0.1, 0.15) is 5.54 Å². The van der Waals surface area contributed by atoms with Crippen molar-refractivity contribution in [3.05, 3.63) is 29.8 Å². The molecule has 8 heteroatoms. The lowest BCUT2D eigenvalue weighted by molar-refractivity contribution is -0.148. The molecule has 2 aliphatic carbocycles. The molecular weight excluding hydrogens is 344 g/mol. The average Bonchev–Trinajstić information content (AvgIpc) is 3.02. The first kappa shape index (κ1) is 17.9. The first-order chi connectivity index (χ1) is 11.8. The first-order valence-electron chi connectivity index (χ1n) is 8.51. The van der Waals surface area contributed by atoms with Crippen LogP contribution in [0, 0.1) is 0 Å². The third-order valence-corrected chi connectivity index (χ3v) is 6.57. The molecular formula is C17H22N2O5S. The molecule has 1 aromatic rings. The first-order valence-corrected chi connectivity index (χ1v) is 9.99. The lowest BCUT2D eigenvalue weighted by Crippen LogP contribution is -2.59. The molecule has 0 aliphatic heterocycles. The van der Waals surface area contributed by atoms with E-state index in [9.17, 15) is 23.1 Å². The topological polar surface area (TPSA) is 113 Å². The molecule has 0 bridgehead atoms. The van der Waals surface area contributed by atoms with Crippen molar-refractivity contribution in [1.82, 2.24) is 10.0 Å². The van der Waals surface area contributed by atoms with Crippen molar-refractivity contribution in [3.8, 4) is 0 Å². The number of carboxylic acid groups (broad SMARTS) is 1. The fourth-order valence-corrected chi connectivity index (χ4v) is 4.70. The van der Waals surface area contributed by atoms with Crippen molar-refractivity contribution in [2.75, 3.05) is 0 Å². The molecule has 0 unspecified atom stereocenters. The van der Waals surface area contributed by atoms with E-state index in [4.69, 9.17) is 0 Å². The maximum atomic E-state index is 12.5. The van der Waals surface area contributed by atoms with E-state index in [1.807, 2.05) is 0 Å². The van der Waals surface area contributed by atoms with Crippen molar-refractivity contribution in [2.24, 2.45) is 0 Å². The second kappa shape index (κ2) is 6.76. The van der Waals surface area contributed by atoms with Gasteiger partial charge in [-0.15, -0.1) is 0 Å². The maximum absolute atomic E-state index is 12.5. The highest BCUT2D eigenvalue weighted by atomic mass is 32.2. The summed E-state index contributed by atoms with van der Waals surface area (Å²) in [5, 5.41) is 11.8. The Balaban J connectivity index is 1.76. The molecule has 0 spiro atoms. The Morgan fingerprint density at radius 2 is 1.80 bits per heavy atom. The summed E-state index contributed by atoms with van der Waals surface area (Å²) in [6.45, 7) is 0. The summed E-state index contributed by atoms with van der Waals surface area (Å²) in [6.07, 6.45) is 5.16. The molecule has 1 aromatic carbocycles. The minimum atomic E-state index is -3.70. The SMILES string of the molecule is O=C(NC1(C(=O)O)CCC1)c1cccc(S(=O)(=O)NC2CCCC2)c1. The zero-order valence-corrected chi connectivity index (χ0v) is 14.6. The van der Waals surface area contributed by atoms with Crippen LogP contribution >= 0.6 is 0 Å². The van der Waals surface area contributed by atoms with Crippen LogP contribution in [0.25, 0.3) is 0 Å². The molecule has 2 aliphatic rings. The number of carbonyl (C=O) groups is 2. The Labute approximate surface area is 146 Å². The van der Waals surface area contributed by atoms with Gasteiger partial charge < -0.3 is 10.4 Å². The van der Waals surface area contributed by atoms with E-state index in [0.29, 0.717) is 12.8 Å². The average molecular weight is 366 g/mol. The van der Waals surface area contributed by atoms with Crippen LogP contribution in [-0.4, -0.2) is 37.0 Å². The van der Waals surface area contributed by atoms with Gasteiger partial charge in [0.15, 0.2) is 0 Å². The van der Waals surface area contributed by atoms with Gasteiger partial charge in [0.2, 0.25) is 10.0 Å². The molecule has 25 heavy (non-hydrogen) atoms. The van der Waals surface area contributed by atoms with Crippen LogP contribution in [-0.2, 0) is 14.8 Å².